The largest absolute Gasteiger partial charge is 0.436 e. The molecule has 0 radical (unpaired) electrons. The first-order valence-corrected chi connectivity index (χ1v) is 1.58. The Morgan fingerprint density at radius 1 is 1.50 bits per heavy atom. The maximum atomic E-state index is 11.1. The third-order valence-electron chi connectivity index (χ3n) is 0.437. The van der Waals surface area contributed by atoms with Gasteiger partial charge in [0.15, 0.2) is 5.70 Å². The van der Waals surface area contributed by atoms with Crippen LogP contribution in [-0.4, -0.2) is 6.18 Å². The van der Waals surface area contributed by atoms with Crippen molar-refractivity contribution in [2.75, 3.05) is 0 Å². The standard InChI is InChI=1S/C3H2F3NO/c1-2(7-8)3(4,5)6/h1H2. The Labute approximate surface area is 43.0 Å². The quantitative estimate of drug-likeness (QED) is 0.491. The molecule has 0 aromatic carbocycles. The summed E-state index contributed by atoms with van der Waals surface area (Å²) in [5, 5.41) is 1.59. The molecule has 5 heteroatoms. The normalized spacial score (nSPS) is 10.9. The number of hydrogen-bond donors (Lipinski definition) is 0. The highest BCUT2D eigenvalue weighted by atomic mass is 19.4. The van der Waals surface area contributed by atoms with E-state index in [4.69, 9.17) is 4.91 Å². The van der Waals surface area contributed by atoms with Crippen LogP contribution in [0.5, 0.6) is 0 Å². The van der Waals surface area contributed by atoms with Crippen LogP contribution in [0.1, 0.15) is 0 Å². The molecule has 0 aliphatic heterocycles. The minimum absolute atomic E-state index is 1.59. The predicted molar refractivity (Wildman–Crippen MR) is 21.0 cm³/mol. The maximum Gasteiger partial charge on any atom is 0.436 e. The molecule has 8 heavy (non-hydrogen) atoms. The molecule has 46 valence electrons. The molecule has 0 amide bonds. The van der Waals surface area contributed by atoms with E-state index in [2.05, 4.69) is 6.58 Å². The zero-order valence-corrected chi connectivity index (χ0v) is 3.70. The van der Waals surface area contributed by atoms with Crippen LogP contribution in [0.4, 0.5) is 13.2 Å². The van der Waals surface area contributed by atoms with Crippen molar-refractivity contribution in [2.24, 2.45) is 5.18 Å². The lowest BCUT2D eigenvalue weighted by atomic mass is 10.5. The van der Waals surface area contributed by atoms with Gasteiger partial charge in [-0.25, -0.2) is 0 Å². The van der Waals surface area contributed by atoms with Crippen LogP contribution in [0.3, 0.4) is 0 Å². The molecule has 0 aliphatic rings. The fourth-order valence-electron chi connectivity index (χ4n) is 0.0518. The molecule has 0 aromatic heterocycles. The van der Waals surface area contributed by atoms with Gasteiger partial charge in [-0.1, -0.05) is 6.58 Å². The third kappa shape index (κ3) is 1.72. The van der Waals surface area contributed by atoms with Gasteiger partial charge in [-0.3, -0.25) is 0 Å². The van der Waals surface area contributed by atoms with Crippen LogP contribution in [-0.2, 0) is 0 Å². The van der Waals surface area contributed by atoms with Crippen molar-refractivity contribution in [3.63, 3.8) is 0 Å². The second-order valence-electron chi connectivity index (χ2n) is 1.04. The van der Waals surface area contributed by atoms with Gasteiger partial charge in [0, 0.05) is 0 Å². The summed E-state index contributed by atoms with van der Waals surface area (Å²) in [6.07, 6.45) is -4.66. The molecule has 0 saturated heterocycles. The monoisotopic (exact) mass is 125 g/mol. The van der Waals surface area contributed by atoms with E-state index in [-0.39, 0.29) is 0 Å². The van der Waals surface area contributed by atoms with Gasteiger partial charge in [0.25, 0.3) is 0 Å². The van der Waals surface area contributed by atoms with E-state index in [0.717, 1.165) is 0 Å². The zero-order chi connectivity index (χ0) is 6.78. The van der Waals surface area contributed by atoms with Crippen LogP contribution in [0, 0.1) is 4.91 Å². The second kappa shape index (κ2) is 1.94. The summed E-state index contributed by atoms with van der Waals surface area (Å²) in [5.74, 6) is 0. The predicted octanol–water partition coefficient (Wildman–Crippen LogP) is 1.83. The summed E-state index contributed by atoms with van der Waals surface area (Å²) in [7, 11) is 0. The molecule has 0 fully saturated rings. The first-order chi connectivity index (χ1) is 3.48. The minimum atomic E-state index is -4.66. The number of hydrogen-bond acceptors (Lipinski definition) is 2. The molecule has 2 nitrogen and oxygen atoms in total. The van der Waals surface area contributed by atoms with E-state index in [1.54, 1.807) is 5.18 Å². The molecule has 0 aromatic rings. The number of allylic oxidation sites excluding steroid dienone is 1. The van der Waals surface area contributed by atoms with Gasteiger partial charge in [-0.15, -0.1) is 4.91 Å². The lowest BCUT2D eigenvalue weighted by Gasteiger charge is -1.98. The van der Waals surface area contributed by atoms with Crippen molar-refractivity contribution in [1.29, 1.82) is 0 Å². The summed E-state index contributed by atoms with van der Waals surface area (Å²) in [6, 6.07) is 0. The number of nitrogens with zero attached hydrogens (tertiary/aromatic N) is 1. The van der Waals surface area contributed by atoms with Crippen molar-refractivity contribution >= 4 is 0 Å². The molecular weight excluding hydrogens is 123 g/mol. The van der Waals surface area contributed by atoms with E-state index in [9.17, 15) is 13.2 Å². The molecule has 0 aliphatic carbocycles. The highest BCUT2D eigenvalue weighted by Crippen LogP contribution is 2.23. The summed E-state index contributed by atoms with van der Waals surface area (Å²) >= 11 is 0. The van der Waals surface area contributed by atoms with E-state index < -0.39 is 11.9 Å². The first kappa shape index (κ1) is 7.13. The third-order valence-corrected chi connectivity index (χ3v) is 0.437. The van der Waals surface area contributed by atoms with Crippen LogP contribution >= 0.6 is 0 Å². The smallest absolute Gasteiger partial charge is 0.164 e. The topological polar surface area (TPSA) is 29.4 Å². The van der Waals surface area contributed by atoms with Gasteiger partial charge in [0.1, 0.15) is 0 Å². The van der Waals surface area contributed by atoms with Crippen molar-refractivity contribution < 1.29 is 13.2 Å². The van der Waals surface area contributed by atoms with Gasteiger partial charge in [0.2, 0.25) is 0 Å². The molecule has 0 spiro atoms. The van der Waals surface area contributed by atoms with Gasteiger partial charge in [0.05, 0.1) is 0 Å². The van der Waals surface area contributed by atoms with E-state index in [1.165, 1.54) is 0 Å². The molecular formula is C3H2F3NO. The summed E-state index contributed by atoms with van der Waals surface area (Å²) < 4.78 is 33.2. The lowest BCUT2D eigenvalue weighted by molar-refractivity contribution is -0.0920. The van der Waals surface area contributed by atoms with Gasteiger partial charge in [-0.05, 0) is 5.18 Å². The van der Waals surface area contributed by atoms with E-state index >= 15 is 0 Å². The fraction of sp³-hybridized carbons (Fsp3) is 0.333. The minimum Gasteiger partial charge on any atom is -0.164 e. The molecule has 0 N–H and O–H groups in total. The van der Waals surface area contributed by atoms with E-state index in [1.807, 2.05) is 0 Å². The van der Waals surface area contributed by atoms with Gasteiger partial charge >= 0.3 is 6.18 Å². The Morgan fingerprint density at radius 3 is 1.88 bits per heavy atom. The fourth-order valence-corrected chi connectivity index (χ4v) is 0.0518. The second-order valence-corrected chi connectivity index (χ2v) is 1.04. The Morgan fingerprint density at radius 2 is 1.88 bits per heavy atom. The maximum absolute atomic E-state index is 11.1. The number of halogens is 3. The Bertz CT molecular complexity index is 116. The summed E-state index contributed by atoms with van der Waals surface area (Å²) in [6.45, 7) is 2.34. The summed E-state index contributed by atoms with van der Waals surface area (Å²) in [5.41, 5.74) is -1.60. The van der Waals surface area contributed by atoms with Crippen LogP contribution < -0.4 is 0 Å². The highest BCUT2D eigenvalue weighted by Gasteiger charge is 2.33. The Kier molecular flexibility index (Phi) is 1.72. The summed E-state index contributed by atoms with van der Waals surface area (Å²) in [4.78, 5) is 9.08. The van der Waals surface area contributed by atoms with Gasteiger partial charge in [-0.2, -0.15) is 13.2 Å². The van der Waals surface area contributed by atoms with Crippen LogP contribution in [0.2, 0.25) is 0 Å². The molecule has 0 bridgehead atoms. The number of alkyl halides is 3. The molecule has 0 saturated carbocycles. The van der Waals surface area contributed by atoms with E-state index in [0.29, 0.717) is 0 Å². The molecule has 0 atom stereocenters. The van der Waals surface area contributed by atoms with Crippen LogP contribution in [0.25, 0.3) is 0 Å². The SMILES string of the molecule is C=C(N=O)C(F)(F)F. The highest BCUT2D eigenvalue weighted by molar-refractivity contribution is 4.98. The number of rotatable bonds is 1. The average Bonchev–Trinajstić information content (AvgIpc) is 1.62. The van der Waals surface area contributed by atoms with Crippen molar-refractivity contribution in [2.45, 2.75) is 6.18 Å². The van der Waals surface area contributed by atoms with Crippen molar-refractivity contribution in [3.05, 3.63) is 17.2 Å². The van der Waals surface area contributed by atoms with Crippen LogP contribution in [0.15, 0.2) is 17.5 Å². The van der Waals surface area contributed by atoms with Crippen molar-refractivity contribution in [1.82, 2.24) is 0 Å². The molecule has 0 unspecified atom stereocenters. The molecule has 0 heterocycles. The molecule has 0 rings (SSSR count). The Hall–Kier alpha value is -0.870. The Balaban J connectivity index is 4.02. The number of nitroso groups, excluding NO2 is 1. The van der Waals surface area contributed by atoms with Gasteiger partial charge < -0.3 is 0 Å². The lowest BCUT2D eigenvalue weighted by Crippen LogP contribution is -2.07. The zero-order valence-electron chi connectivity index (χ0n) is 3.70. The average molecular weight is 125 g/mol. The first-order valence-electron chi connectivity index (χ1n) is 1.58. The van der Waals surface area contributed by atoms with Crippen molar-refractivity contribution in [3.8, 4) is 0 Å².